The highest BCUT2D eigenvalue weighted by atomic mass is 16.2. The third-order valence-electron chi connectivity index (χ3n) is 2.83. The van der Waals surface area contributed by atoms with Crippen molar-refractivity contribution in [2.24, 2.45) is 0 Å². The van der Waals surface area contributed by atoms with Gasteiger partial charge in [-0.2, -0.15) is 0 Å². The van der Waals surface area contributed by atoms with E-state index in [1.165, 1.54) is 0 Å². The molecule has 0 aliphatic carbocycles. The van der Waals surface area contributed by atoms with Crippen LogP contribution in [0, 0.1) is 0 Å². The molecule has 1 fully saturated rings. The maximum Gasteiger partial charge on any atom is 0.237 e. The van der Waals surface area contributed by atoms with E-state index in [0.29, 0.717) is 12.6 Å². The summed E-state index contributed by atoms with van der Waals surface area (Å²) in [7, 11) is 0. The molecule has 1 aliphatic heterocycles. The second-order valence-electron chi connectivity index (χ2n) is 5.27. The summed E-state index contributed by atoms with van der Waals surface area (Å²) < 4.78 is 0. The zero-order valence-electron chi connectivity index (χ0n) is 10.0. The molecule has 0 bridgehead atoms. The standard InChI is InChI=1S/C11H22N2O/c1-9(2)13-7-6-12(8-10(13)14)11(3,4)5/h9H,6-8H2,1-5H3. The number of hydrogen-bond donors (Lipinski definition) is 0. The molecule has 1 amide bonds. The lowest BCUT2D eigenvalue weighted by Gasteiger charge is -2.42. The van der Waals surface area contributed by atoms with Gasteiger partial charge in [0.25, 0.3) is 0 Å². The number of rotatable bonds is 1. The highest BCUT2D eigenvalue weighted by molar-refractivity contribution is 5.79. The highest BCUT2D eigenvalue weighted by Gasteiger charge is 2.31. The molecule has 0 N–H and O–H groups in total. The van der Waals surface area contributed by atoms with E-state index in [2.05, 4.69) is 39.5 Å². The molecule has 1 saturated heterocycles. The van der Waals surface area contributed by atoms with Gasteiger partial charge in [0.15, 0.2) is 0 Å². The smallest absolute Gasteiger partial charge is 0.237 e. The summed E-state index contributed by atoms with van der Waals surface area (Å²) in [4.78, 5) is 16.0. The highest BCUT2D eigenvalue weighted by Crippen LogP contribution is 2.17. The van der Waals surface area contributed by atoms with Crippen molar-refractivity contribution in [3.63, 3.8) is 0 Å². The first-order chi connectivity index (χ1) is 6.32. The zero-order valence-corrected chi connectivity index (χ0v) is 10.0. The number of carbonyl (C=O) groups excluding carboxylic acids is 1. The van der Waals surface area contributed by atoms with Gasteiger partial charge in [0.1, 0.15) is 0 Å². The van der Waals surface area contributed by atoms with E-state index < -0.39 is 0 Å². The van der Waals surface area contributed by atoms with Crippen molar-refractivity contribution in [1.29, 1.82) is 0 Å². The third-order valence-corrected chi connectivity index (χ3v) is 2.83. The van der Waals surface area contributed by atoms with Crippen LogP contribution >= 0.6 is 0 Å². The lowest BCUT2D eigenvalue weighted by molar-refractivity contribution is -0.140. The number of carbonyl (C=O) groups is 1. The summed E-state index contributed by atoms with van der Waals surface area (Å²) in [5, 5.41) is 0. The number of piperazine rings is 1. The van der Waals surface area contributed by atoms with Gasteiger partial charge < -0.3 is 4.90 Å². The Morgan fingerprint density at radius 3 is 2.14 bits per heavy atom. The minimum Gasteiger partial charge on any atom is -0.338 e. The minimum atomic E-state index is 0.110. The van der Waals surface area contributed by atoms with Crippen LogP contribution in [0.1, 0.15) is 34.6 Å². The Morgan fingerprint density at radius 2 is 1.79 bits per heavy atom. The van der Waals surface area contributed by atoms with Gasteiger partial charge in [0, 0.05) is 24.7 Å². The zero-order chi connectivity index (χ0) is 10.9. The molecule has 1 heterocycles. The van der Waals surface area contributed by atoms with E-state index >= 15 is 0 Å². The van der Waals surface area contributed by atoms with E-state index in [1.54, 1.807) is 0 Å². The molecule has 3 heteroatoms. The van der Waals surface area contributed by atoms with E-state index in [4.69, 9.17) is 0 Å². The summed E-state index contributed by atoms with van der Waals surface area (Å²) in [5.74, 6) is 0.265. The van der Waals surface area contributed by atoms with Crippen molar-refractivity contribution in [2.45, 2.75) is 46.2 Å². The van der Waals surface area contributed by atoms with Gasteiger partial charge in [-0.15, -0.1) is 0 Å². The van der Waals surface area contributed by atoms with Crippen LogP contribution in [0.15, 0.2) is 0 Å². The van der Waals surface area contributed by atoms with E-state index in [-0.39, 0.29) is 11.4 Å². The average Bonchev–Trinajstić information content (AvgIpc) is 2.01. The molecule has 0 aromatic rings. The molecule has 0 radical (unpaired) electrons. The molecule has 0 aromatic heterocycles. The van der Waals surface area contributed by atoms with Crippen LogP contribution in [0.25, 0.3) is 0 Å². The van der Waals surface area contributed by atoms with Gasteiger partial charge in [-0.3, -0.25) is 9.69 Å². The molecule has 3 nitrogen and oxygen atoms in total. The van der Waals surface area contributed by atoms with Gasteiger partial charge in [-0.05, 0) is 34.6 Å². The fourth-order valence-electron chi connectivity index (χ4n) is 1.81. The predicted molar refractivity (Wildman–Crippen MR) is 58.2 cm³/mol. The lowest BCUT2D eigenvalue weighted by Crippen LogP contribution is -2.57. The summed E-state index contributed by atoms with van der Waals surface area (Å²) in [6.07, 6.45) is 0. The Balaban J connectivity index is 2.60. The monoisotopic (exact) mass is 198 g/mol. The largest absolute Gasteiger partial charge is 0.338 e. The summed E-state index contributed by atoms with van der Waals surface area (Å²) >= 11 is 0. The molecule has 0 unspecified atom stereocenters. The third kappa shape index (κ3) is 2.47. The fraction of sp³-hybridized carbons (Fsp3) is 0.909. The first-order valence-electron chi connectivity index (χ1n) is 5.37. The quantitative estimate of drug-likeness (QED) is 0.635. The second kappa shape index (κ2) is 3.89. The SMILES string of the molecule is CC(C)N1CCN(C(C)(C)C)CC1=O. The van der Waals surface area contributed by atoms with Crippen molar-refractivity contribution >= 4 is 5.91 Å². The van der Waals surface area contributed by atoms with Crippen LogP contribution in [0.5, 0.6) is 0 Å². The van der Waals surface area contributed by atoms with E-state index in [0.717, 1.165) is 13.1 Å². The van der Waals surface area contributed by atoms with Crippen molar-refractivity contribution in [3.8, 4) is 0 Å². The molecule has 1 rings (SSSR count). The van der Waals surface area contributed by atoms with Gasteiger partial charge in [0.2, 0.25) is 5.91 Å². The molecular weight excluding hydrogens is 176 g/mol. The van der Waals surface area contributed by atoms with E-state index in [1.807, 2.05) is 4.90 Å². The van der Waals surface area contributed by atoms with Gasteiger partial charge >= 0.3 is 0 Å². The van der Waals surface area contributed by atoms with Crippen molar-refractivity contribution in [1.82, 2.24) is 9.80 Å². The van der Waals surface area contributed by atoms with Crippen LogP contribution in [0.2, 0.25) is 0 Å². The molecule has 0 aromatic carbocycles. The van der Waals surface area contributed by atoms with Gasteiger partial charge in [-0.1, -0.05) is 0 Å². The van der Waals surface area contributed by atoms with Crippen molar-refractivity contribution in [2.75, 3.05) is 19.6 Å². The topological polar surface area (TPSA) is 23.6 Å². The maximum absolute atomic E-state index is 11.8. The van der Waals surface area contributed by atoms with Crippen LogP contribution < -0.4 is 0 Å². The molecule has 0 atom stereocenters. The van der Waals surface area contributed by atoms with Crippen LogP contribution in [0.3, 0.4) is 0 Å². The Morgan fingerprint density at radius 1 is 1.21 bits per heavy atom. The maximum atomic E-state index is 11.8. The predicted octanol–water partition coefficient (Wildman–Crippen LogP) is 1.34. The molecule has 82 valence electrons. The minimum absolute atomic E-state index is 0.110. The normalized spacial score (nSPS) is 20.7. The number of nitrogens with zero attached hydrogens (tertiary/aromatic N) is 2. The van der Waals surface area contributed by atoms with Crippen LogP contribution in [-0.4, -0.2) is 46.9 Å². The Bertz CT molecular complexity index is 218. The van der Waals surface area contributed by atoms with Crippen molar-refractivity contribution in [3.05, 3.63) is 0 Å². The molecule has 0 saturated carbocycles. The number of amides is 1. The van der Waals surface area contributed by atoms with Gasteiger partial charge in [-0.25, -0.2) is 0 Å². The summed E-state index contributed by atoms with van der Waals surface area (Å²) in [6.45, 7) is 13.1. The fourth-order valence-corrected chi connectivity index (χ4v) is 1.81. The molecule has 1 aliphatic rings. The van der Waals surface area contributed by atoms with E-state index in [9.17, 15) is 4.79 Å². The first kappa shape index (κ1) is 11.5. The Kier molecular flexibility index (Phi) is 3.20. The Labute approximate surface area is 87.1 Å². The van der Waals surface area contributed by atoms with Crippen LogP contribution in [0.4, 0.5) is 0 Å². The molecule has 0 spiro atoms. The van der Waals surface area contributed by atoms with Crippen molar-refractivity contribution < 1.29 is 4.79 Å². The molecular formula is C11H22N2O. The number of hydrogen-bond acceptors (Lipinski definition) is 2. The Hall–Kier alpha value is -0.570. The molecule has 14 heavy (non-hydrogen) atoms. The first-order valence-corrected chi connectivity index (χ1v) is 5.37. The summed E-state index contributed by atoms with van der Waals surface area (Å²) in [6, 6.07) is 0.338. The van der Waals surface area contributed by atoms with Crippen LogP contribution in [-0.2, 0) is 4.79 Å². The lowest BCUT2D eigenvalue weighted by atomic mass is 10.0. The average molecular weight is 198 g/mol. The second-order valence-corrected chi connectivity index (χ2v) is 5.27. The van der Waals surface area contributed by atoms with Gasteiger partial charge in [0.05, 0.1) is 6.54 Å². The summed E-state index contributed by atoms with van der Waals surface area (Å²) in [5.41, 5.74) is 0.110.